The van der Waals surface area contributed by atoms with Crippen LogP contribution in [-0.4, -0.2) is 41.6 Å². The maximum atomic E-state index is 12.1. The highest BCUT2D eigenvalue weighted by Crippen LogP contribution is 2.33. The number of nitrogens with zero attached hydrogens (tertiary/aromatic N) is 1. The molecule has 2 amide bonds. The van der Waals surface area contributed by atoms with Gasteiger partial charge in [0.15, 0.2) is 0 Å². The predicted molar refractivity (Wildman–Crippen MR) is 76.1 cm³/mol. The first-order chi connectivity index (χ1) is 9.26. The second kappa shape index (κ2) is 5.46. The van der Waals surface area contributed by atoms with E-state index < -0.39 is 5.60 Å². The summed E-state index contributed by atoms with van der Waals surface area (Å²) in [6.07, 6.45) is 4.83. The van der Waals surface area contributed by atoms with Crippen LogP contribution in [0.4, 0.5) is 4.79 Å². The van der Waals surface area contributed by atoms with Gasteiger partial charge in [-0.1, -0.05) is 12.2 Å². The monoisotopic (exact) mass is 280 g/mol. The molecule has 1 N–H and O–H groups in total. The summed E-state index contributed by atoms with van der Waals surface area (Å²) in [5, 5.41) is 2.99. The van der Waals surface area contributed by atoms with E-state index in [1.807, 2.05) is 20.8 Å². The van der Waals surface area contributed by atoms with E-state index in [1.54, 1.807) is 4.90 Å². The first kappa shape index (κ1) is 14.9. The molecule has 0 saturated carbocycles. The number of fused-ring (bicyclic) bond motifs is 1. The number of amides is 2. The van der Waals surface area contributed by atoms with Crippen molar-refractivity contribution in [3.63, 3.8) is 0 Å². The van der Waals surface area contributed by atoms with Crippen LogP contribution in [0, 0.1) is 11.8 Å². The van der Waals surface area contributed by atoms with Crippen molar-refractivity contribution in [2.24, 2.45) is 11.8 Å². The second-order valence-electron chi connectivity index (χ2n) is 6.68. The summed E-state index contributed by atoms with van der Waals surface area (Å²) in [4.78, 5) is 25.1. The van der Waals surface area contributed by atoms with Crippen molar-refractivity contribution in [3.05, 3.63) is 12.2 Å². The summed E-state index contributed by atoms with van der Waals surface area (Å²) < 4.78 is 5.42. The molecule has 0 aromatic carbocycles. The lowest BCUT2D eigenvalue weighted by Gasteiger charge is -2.29. The molecule has 3 atom stereocenters. The number of carbonyl (C=O) groups excluding carboxylic acids is 2. The van der Waals surface area contributed by atoms with E-state index in [9.17, 15) is 9.59 Å². The molecule has 1 aliphatic heterocycles. The molecule has 0 spiro atoms. The van der Waals surface area contributed by atoms with Crippen LogP contribution in [0.1, 0.15) is 34.1 Å². The number of carbonyl (C=O) groups is 2. The number of likely N-dealkylation sites (tertiary alicyclic amines) is 1. The first-order valence-corrected chi connectivity index (χ1v) is 7.18. The normalized spacial score (nSPS) is 29.0. The molecule has 112 valence electrons. The van der Waals surface area contributed by atoms with Gasteiger partial charge < -0.3 is 15.0 Å². The van der Waals surface area contributed by atoms with Gasteiger partial charge in [-0.05, 0) is 27.2 Å². The minimum atomic E-state index is -0.474. The summed E-state index contributed by atoms with van der Waals surface area (Å²) in [7, 11) is 0. The molecule has 2 aliphatic rings. The topological polar surface area (TPSA) is 58.6 Å². The number of ether oxygens (including phenoxy) is 1. The Morgan fingerprint density at radius 2 is 2.00 bits per heavy atom. The molecule has 2 rings (SSSR count). The average Bonchev–Trinajstić information content (AvgIpc) is 2.70. The van der Waals surface area contributed by atoms with Gasteiger partial charge in [0.05, 0.1) is 0 Å². The van der Waals surface area contributed by atoms with Gasteiger partial charge in [-0.25, -0.2) is 4.79 Å². The minimum Gasteiger partial charge on any atom is -0.444 e. The van der Waals surface area contributed by atoms with Crippen molar-refractivity contribution in [2.75, 3.05) is 13.1 Å². The van der Waals surface area contributed by atoms with Crippen LogP contribution in [-0.2, 0) is 9.53 Å². The molecule has 1 heterocycles. The third-order valence-electron chi connectivity index (χ3n) is 3.74. The molecule has 0 aromatic rings. The molecule has 5 heteroatoms. The van der Waals surface area contributed by atoms with Gasteiger partial charge in [-0.15, -0.1) is 0 Å². The Balaban J connectivity index is 2.01. The summed E-state index contributed by atoms with van der Waals surface area (Å²) in [6.45, 7) is 8.46. The Morgan fingerprint density at radius 1 is 1.30 bits per heavy atom. The molecule has 0 radical (unpaired) electrons. The minimum absolute atomic E-state index is 0.0141. The van der Waals surface area contributed by atoms with E-state index in [1.165, 1.54) is 6.92 Å². The van der Waals surface area contributed by atoms with Crippen molar-refractivity contribution in [1.29, 1.82) is 0 Å². The fourth-order valence-electron chi connectivity index (χ4n) is 2.96. The Bertz CT molecular complexity index is 425. The average molecular weight is 280 g/mol. The van der Waals surface area contributed by atoms with Crippen LogP contribution >= 0.6 is 0 Å². The van der Waals surface area contributed by atoms with Gasteiger partial charge in [0.25, 0.3) is 0 Å². The van der Waals surface area contributed by atoms with E-state index >= 15 is 0 Å². The largest absolute Gasteiger partial charge is 0.444 e. The zero-order valence-corrected chi connectivity index (χ0v) is 12.7. The summed E-state index contributed by atoms with van der Waals surface area (Å²) in [5.74, 6) is 0.587. The molecule has 1 fully saturated rings. The van der Waals surface area contributed by atoms with Gasteiger partial charge in [-0.3, -0.25) is 4.79 Å². The van der Waals surface area contributed by atoms with Crippen molar-refractivity contribution in [2.45, 2.75) is 45.8 Å². The molecule has 1 unspecified atom stereocenters. The van der Waals surface area contributed by atoms with Crippen molar-refractivity contribution in [3.8, 4) is 0 Å². The molecule has 1 saturated heterocycles. The highest BCUT2D eigenvalue weighted by Gasteiger charge is 2.41. The molecular formula is C15H24N2O3. The lowest BCUT2D eigenvalue weighted by molar-refractivity contribution is -0.120. The zero-order valence-electron chi connectivity index (χ0n) is 12.7. The van der Waals surface area contributed by atoms with Gasteiger partial charge in [-0.2, -0.15) is 0 Å². The van der Waals surface area contributed by atoms with E-state index in [4.69, 9.17) is 4.74 Å². The molecule has 0 bridgehead atoms. The van der Waals surface area contributed by atoms with E-state index in [0.29, 0.717) is 19.0 Å². The third-order valence-corrected chi connectivity index (χ3v) is 3.74. The standard InChI is InChI=1S/C15H24N2O3/c1-10(18)16-13-7-5-6-11-8-17(9-12(11)13)14(19)20-15(2,3)4/h5-6,11-13H,7-9H2,1-4H3,(H,16,18)/t11?,12-,13-/m1/s1. The Hall–Kier alpha value is -1.52. The van der Waals surface area contributed by atoms with Crippen LogP contribution in [0.2, 0.25) is 0 Å². The van der Waals surface area contributed by atoms with Crippen LogP contribution in [0.15, 0.2) is 12.2 Å². The number of hydrogen-bond donors (Lipinski definition) is 1. The fraction of sp³-hybridized carbons (Fsp3) is 0.733. The Kier molecular flexibility index (Phi) is 4.06. The number of hydrogen-bond acceptors (Lipinski definition) is 3. The molecule has 20 heavy (non-hydrogen) atoms. The van der Waals surface area contributed by atoms with Crippen LogP contribution in [0.3, 0.4) is 0 Å². The summed E-state index contributed by atoms with van der Waals surface area (Å²) in [5.41, 5.74) is -0.474. The first-order valence-electron chi connectivity index (χ1n) is 7.18. The predicted octanol–water partition coefficient (Wildman–Crippen LogP) is 1.93. The Morgan fingerprint density at radius 3 is 2.60 bits per heavy atom. The third kappa shape index (κ3) is 3.52. The van der Waals surface area contributed by atoms with Gasteiger partial charge in [0.2, 0.25) is 5.91 Å². The maximum absolute atomic E-state index is 12.1. The van der Waals surface area contributed by atoms with Gasteiger partial charge >= 0.3 is 6.09 Å². The Labute approximate surface area is 120 Å². The lowest BCUT2D eigenvalue weighted by Crippen LogP contribution is -2.43. The van der Waals surface area contributed by atoms with Crippen LogP contribution < -0.4 is 5.32 Å². The van der Waals surface area contributed by atoms with E-state index in [-0.39, 0.29) is 24.0 Å². The molecular weight excluding hydrogens is 256 g/mol. The molecule has 5 nitrogen and oxygen atoms in total. The SMILES string of the molecule is CC(=O)N[C@@H]1CC=CC2CN(C(=O)OC(C)(C)C)C[C@H]21. The molecule has 1 aliphatic carbocycles. The highest BCUT2D eigenvalue weighted by molar-refractivity contribution is 5.73. The van der Waals surface area contributed by atoms with Crippen LogP contribution in [0.25, 0.3) is 0 Å². The second-order valence-corrected chi connectivity index (χ2v) is 6.68. The quantitative estimate of drug-likeness (QED) is 0.747. The number of nitrogens with one attached hydrogen (secondary N) is 1. The van der Waals surface area contributed by atoms with Crippen molar-refractivity contribution >= 4 is 12.0 Å². The summed E-state index contributed by atoms with van der Waals surface area (Å²) >= 11 is 0. The smallest absolute Gasteiger partial charge is 0.410 e. The van der Waals surface area contributed by atoms with Crippen molar-refractivity contribution in [1.82, 2.24) is 10.2 Å². The van der Waals surface area contributed by atoms with Gasteiger partial charge in [0, 0.05) is 37.9 Å². The summed E-state index contributed by atoms with van der Waals surface area (Å²) in [6, 6.07) is 0.120. The van der Waals surface area contributed by atoms with Crippen molar-refractivity contribution < 1.29 is 14.3 Å². The maximum Gasteiger partial charge on any atom is 0.410 e. The highest BCUT2D eigenvalue weighted by atomic mass is 16.6. The molecule has 0 aromatic heterocycles. The van der Waals surface area contributed by atoms with Crippen LogP contribution in [0.5, 0.6) is 0 Å². The van der Waals surface area contributed by atoms with E-state index in [0.717, 1.165) is 6.42 Å². The zero-order chi connectivity index (χ0) is 14.9. The van der Waals surface area contributed by atoms with E-state index in [2.05, 4.69) is 17.5 Å². The van der Waals surface area contributed by atoms with Gasteiger partial charge in [0.1, 0.15) is 5.60 Å². The lowest BCUT2D eigenvalue weighted by atomic mass is 9.83. The fourth-order valence-corrected chi connectivity index (χ4v) is 2.96. The number of rotatable bonds is 1.